The van der Waals surface area contributed by atoms with E-state index in [1.807, 2.05) is 0 Å². The maximum atomic E-state index is 11.6. The fourth-order valence-electron chi connectivity index (χ4n) is 2.07. The van der Waals surface area contributed by atoms with Crippen LogP contribution in [0.5, 0.6) is 0 Å². The first kappa shape index (κ1) is 15.1. The van der Waals surface area contributed by atoms with Crippen LogP contribution in [0.25, 0.3) is 0 Å². The van der Waals surface area contributed by atoms with E-state index < -0.39 is 22.4 Å². The van der Waals surface area contributed by atoms with Gasteiger partial charge in [-0.2, -0.15) is 0 Å². The number of carboxylic acid groups (broad SMARTS) is 1. The fraction of sp³-hybridized carbons (Fsp3) is 0.833. The second-order valence-corrected chi connectivity index (χ2v) is 6.78. The van der Waals surface area contributed by atoms with Crippen LogP contribution in [0.1, 0.15) is 40.0 Å². The van der Waals surface area contributed by atoms with Crippen LogP contribution < -0.4 is 5.32 Å². The Morgan fingerprint density at radius 3 is 2.44 bits per heavy atom. The van der Waals surface area contributed by atoms with Crippen molar-refractivity contribution in [3.05, 3.63) is 0 Å². The van der Waals surface area contributed by atoms with Crippen molar-refractivity contribution in [2.24, 2.45) is 0 Å². The molecule has 0 spiro atoms. The van der Waals surface area contributed by atoms with E-state index in [0.717, 1.165) is 0 Å². The third-order valence-electron chi connectivity index (χ3n) is 2.97. The number of ether oxygens (including phenoxy) is 1. The Balaban J connectivity index is 2.53. The normalized spacial score (nSPS) is 27.9. The molecule has 2 N–H and O–H groups in total. The molecule has 0 saturated heterocycles. The van der Waals surface area contributed by atoms with Gasteiger partial charge in [0.25, 0.3) is 0 Å². The second kappa shape index (κ2) is 5.38. The minimum Gasteiger partial charge on any atom is -0.480 e. The van der Waals surface area contributed by atoms with E-state index >= 15 is 0 Å². The van der Waals surface area contributed by atoms with E-state index in [9.17, 15) is 14.7 Å². The smallest absolute Gasteiger partial charge is 0.407 e. The van der Waals surface area contributed by atoms with Gasteiger partial charge in [-0.25, -0.2) is 4.79 Å². The van der Waals surface area contributed by atoms with E-state index in [1.54, 1.807) is 27.0 Å². The third-order valence-corrected chi connectivity index (χ3v) is 4.30. The van der Waals surface area contributed by atoms with Crippen LogP contribution in [-0.4, -0.2) is 39.8 Å². The molecule has 18 heavy (non-hydrogen) atoms. The minimum atomic E-state index is -0.802. The van der Waals surface area contributed by atoms with E-state index in [0.29, 0.717) is 19.3 Å². The quantitative estimate of drug-likeness (QED) is 0.826. The summed E-state index contributed by atoms with van der Waals surface area (Å²) in [7, 11) is 0. The summed E-state index contributed by atoms with van der Waals surface area (Å²) in [5.74, 6) is -0.802. The summed E-state index contributed by atoms with van der Waals surface area (Å²) in [6, 6.07) is -0.122. The molecule has 0 aromatic heterocycles. The fourth-order valence-corrected chi connectivity index (χ4v) is 2.94. The molecule has 0 heterocycles. The third kappa shape index (κ3) is 3.80. The van der Waals surface area contributed by atoms with Gasteiger partial charge in [-0.1, -0.05) is 0 Å². The van der Waals surface area contributed by atoms with Gasteiger partial charge in [-0.3, -0.25) is 4.79 Å². The molecule has 0 aromatic carbocycles. The van der Waals surface area contributed by atoms with E-state index in [4.69, 9.17) is 4.74 Å². The summed E-state index contributed by atoms with van der Waals surface area (Å²) >= 11 is 1.34. The molecule has 0 aliphatic heterocycles. The standard InChI is InChI=1S/C12H21NO4S/c1-11(2,3)17-10(16)13-8-5-6-12(7-8,18-4)9(14)15/h8H,5-7H2,1-4H3,(H,13,16)(H,14,15). The zero-order valence-electron chi connectivity index (χ0n) is 11.3. The Morgan fingerprint density at radius 1 is 1.44 bits per heavy atom. The lowest BCUT2D eigenvalue weighted by molar-refractivity contribution is -0.139. The second-order valence-electron chi connectivity index (χ2n) is 5.59. The molecule has 1 aliphatic carbocycles. The number of hydrogen-bond acceptors (Lipinski definition) is 4. The lowest BCUT2D eigenvalue weighted by Gasteiger charge is -2.23. The van der Waals surface area contributed by atoms with Crippen molar-refractivity contribution in [1.29, 1.82) is 0 Å². The highest BCUT2D eigenvalue weighted by atomic mass is 32.2. The number of carboxylic acids is 1. The predicted molar refractivity (Wildman–Crippen MR) is 70.9 cm³/mol. The molecule has 2 atom stereocenters. The van der Waals surface area contributed by atoms with Crippen molar-refractivity contribution < 1.29 is 19.4 Å². The highest BCUT2D eigenvalue weighted by Gasteiger charge is 2.45. The SMILES string of the molecule is CSC1(C(=O)O)CCC(NC(=O)OC(C)(C)C)C1. The monoisotopic (exact) mass is 275 g/mol. The first-order valence-corrected chi connectivity index (χ1v) is 7.19. The number of alkyl carbamates (subject to hydrolysis) is 1. The summed E-state index contributed by atoms with van der Waals surface area (Å²) in [4.78, 5) is 22.8. The van der Waals surface area contributed by atoms with Gasteiger partial charge < -0.3 is 15.2 Å². The Bertz CT molecular complexity index is 339. The van der Waals surface area contributed by atoms with Gasteiger partial charge >= 0.3 is 12.1 Å². The molecule has 1 saturated carbocycles. The van der Waals surface area contributed by atoms with Crippen LogP contribution in [0.4, 0.5) is 4.79 Å². The average molecular weight is 275 g/mol. The largest absolute Gasteiger partial charge is 0.480 e. The number of carbonyl (C=O) groups is 2. The van der Waals surface area contributed by atoms with Crippen LogP contribution in [0.2, 0.25) is 0 Å². The van der Waals surface area contributed by atoms with E-state index in [2.05, 4.69) is 5.32 Å². The number of hydrogen-bond donors (Lipinski definition) is 2. The molecule has 1 aliphatic rings. The zero-order chi connectivity index (χ0) is 14.0. The van der Waals surface area contributed by atoms with Crippen LogP contribution in [0, 0.1) is 0 Å². The number of rotatable bonds is 3. The Morgan fingerprint density at radius 2 is 2.06 bits per heavy atom. The van der Waals surface area contributed by atoms with E-state index in [1.165, 1.54) is 11.8 Å². The topological polar surface area (TPSA) is 75.6 Å². The molecule has 1 rings (SSSR count). The summed E-state index contributed by atoms with van der Waals surface area (Å²) < 4.78 is 4.39. The molecular weight excluding hydrogens is 254 g/mol. The number of amides is 1. The van der Waals surface area contributed by atoms with Gasteiger partial charge in [0.1, 0.15) is 10.3 Å². The highest BCUT2D eigenvalue weighted by molar-refractivity contribution is 8.00. The molecule has 5 nitrogen and oxygen atoms in total. The van der Waals surface area contributed by atoms with Crippen molar-refractivity contribution in [2.75, 3.05) is 6.26 Å². The van der Waals surface area contributed by atoms with Crippen molar-refractivity contribution >= 4 is 23.8 Å². The Kier molecular flexibility index (Phi) is 4.53. The lowest BCUT2D eigenvalue weighted by Crippen LogP contribution is -2.40. The van der Waals surface area contributed by atoms with Gasteiger partial charge in [0, 0.05) is 6.04 Å². The van der Waals surface area contributed by atoms with Gasteiger partial charge in [0.05, 0.1) is 0 Å². The molecule has 0 aromatic rings. The van der Waals surface area contributed by atoms with Crippen molar-refractivity contribution in [1.82, 2.24) is 5.32 Å². The summed E-state index contributed by atoms with van der Waals surface area (Å²) in [6.45, 7) is 5.39. The van der Waals surface area contributed by atoms with Crippen molar-refractivity contribution in [3.63, 3.8) is 0 Å². The van der Waals surface area contributed by atoms with Gasteiger partial charge in [-0.05, 0) is 46.3 Å². The zero-order valence-corrected chi connectivity index (χ0v) is 12.1. The highest BCUT2D eigenvalue weighted by Crippen LogP contribution is 2.40. The molecule has 1 amide bonds. The van der Waals surface area contributed by atoms with Crippen LogP contribution in [0.3, 0.4) is 0 Å². The molecule has 2 unspecified atom stereocenters. The first-order valence-electron chi connectivity index (χ1n) is 5.96. The molecule has 1 fully saturated rings. The first-order chi connectivity index (χ1) is 8.18. The van der Waals surface area contributed by atoms with Gasteiger partial charge in [-0.15, -0.1) is 11.8 Å². The maximum absolute atomic E-state index is 11.6. The van der Waals surface area contributed by atoms with Crippen LogP contribution >= 0.6 is 11.8 Å². The predicted octanol–water partition coefficient (Wildman–Crippen LogP) is 2.25. The number of thioether (sulfide) groups is 1. The van der Waals surface area contributed by atoms with Crippen molar-refractivity contribution in [3.8, 4) is 0 Å². The molecule has 6 heteroatoms. The van der Waals surface area contributed by atoms with Crippen molar-refractivity contribution in [2.45, 2.75) is 56.4 Å². The molecule has 0 radical (unpaired) electrons. The summed E-state index contributed by atoms with van der Waals surface area (Å²) in [5.41, 5.74) is -0.536. The van der Waals surface area contributed by atoms with Crippen LogP contribution in [0.15, 0.2) is 0 Å². The Hall–Kier alpha value is -0.910. The molecular formula is C12H21NO4S. The number of aliphatic carboxylic acids is 1. The number of carbonyl (C=O) groups excluding carboxylic acids is 1. The van der Waals surface area contributed by atoms with Gasteiger partial charge in [0.2, 0.25) is 0 Å². The average Bonchev–Trinajstić information content (AvgIpc) is 2.59. The molecule has 0 bridgehead atoms. The summed E-state index contributed by atoms with van der Waals surface area (Å²) in [5, 5.41) is 12.0. The molecule has 104 valence electrons. The minimum absolute atomic E-state index is 0.122. The van der Waals surface area contributed by atoms with Gasteiger partial charge in [0.15, 0.2) is 0 Å². The van der Waals surface area contributed by atoms with E-state index in [-0.39, 0.29) is 6.04 Å². The maximum Gasteiger partial charge on any atom is 0.407 e. The Labute approximate surface area is 112 Å². The number of nitrogens with one attached hydrogen (secondary N) is 1. The summed E-state index contributed by atoms with van der Waals surface area (Å²) in [6.07, 6.45) is 3.01. The van der Waals surface area contributed by atoms with Crippen LogP contribution in [-0.2, 0) is 9.53 Å². The lowest BCUT2D eigenvalue weighted by atomic mass is 10.1.